The summed E-state index contributed by atoms with van der Waals surface area (Å²) in [4.78, 5) is 12.6. The number of hydrogen-bond donors (Lipinski definition) is 5. The van der Waals surface area contributed by atoms with Crippen molar-refractivity contribution in [1.29, 1.82) is 0 Å². The van der Waals surface area contributed by atoms with Gasteiger partial charge in [0.15, 0.2) is 12.5 Å². The Labute approximate surface area is 207 Å². The highest BCUT2D eigenvalue weighted by Crippen LogP contribution is 2.31. The van der Waals surface area contributed by atoms with E-state index in [-0.39, 0.29) is 16.6 Å². The number of ether oxygens (including phenoxy) is 2. The third-order valence-corrected chi connectivity index (χ3v) is 7.89. The molecule has 1 unspecified atom stereocenters. The Bertz CT molecular complexity index is 1210. The first-order valence-corrected chi connectivity index (χ1v) is 12.6. The van der Waals surface area contributed by atoms with Crippen molar-refractivity contribution in [2.45, 2.75) is 55.1 Å². The Balaban J connectivity index is 1.55. The fraction of sp³-hybridized carbons (Fsp3) is 0.409. The summed E-state index contributed by atoms with van der Waals surface area (Å²) in [5.74, 6) is -0.548. The van der Waals surface area contributed by atoms with Gasteiger partial charge in [-0.15, -0.1) is 0 Å². The van der Waals surface area contributed by atoms with Gasteiger partial charge in [0, 0.05) is 12.7 Å². The fourth-order valence-electron chi connectivity index (χ4n) is 4.12. The van der Waals surface area contributed by atoms with E-state index in [9.17, 15) is 28.5 Å². The molecule has 190 valence electrons. The van der Waals surface area contributed by atoms with E-state index >= 15 is 0 Å². The van der Waals surface area contributed by atoms with Crippen LogP contribution >= 0.6 is 11.6 Å². The second-order valence-corrected chi connectivity index (χ2v) is 10.5. The van der Waals surface area contributed by atoms with Crippen LogP contribution < -0.4 is 15.2 Å². The van der Waals surface area contributed by atoms with Crippen molar-refractivity contribution in [2.75, 3.05) is 12.1 Å². The van der Waals surface area contributed by atoms with Gasteiger partial charge < -0.3 is 24.8 Å². The number of halogens is 1. The van der Waals surface area contributed by atoms with Crippen molar-refractivity contribution >= 4 is 33.2 Å². The van der Waals surface area contributed by atoms with E-state index < -0.39 is 51.7 Å². The van der Waals surface area contributed by atoms with Gasteiger partial charge in [-0.25, -0.2) is 8.42 Å². The molecule has 0 aliphatic carbocycles. The van der Waals surface area contributed by atoms with E-state index in [0.29, 0.717) is 0 Å². The lowest BCUT2D eigenvalue weighted by Gasteiger charge is -2.39. The minimum absolute atomic E-state index is 0.00559. The lowest BCUT2D eigenvalue weighted by atomic mass is 10.0. The highest BCUT2D eigenvalue weighted by molar-refractivity contribution is 7.89. The lowest BCUT2D eigenvalue weighted by molar-refractivity contribution is -0.291. The van der Waals surface area contributed by atoms with Crippen LogP contribution in [-0.2, 0) is 25.9 Å². The quantitative estimate of drug-likeness (QED) is 0.352. The third-order valence-electron chi connectivity index (χ3n) is 5.99. The Hall–Kier alpha value is -2.29. The molecule has 2 aliphatic heterocycles. The van der Waals surface area contributed by atoms with E-state index in [0.717, 1.165) is 23.7 Å². The molecule has 11 nitrogen and oxygen atoms in total. The predicted molar refractivity (Wildman–Crippen MR) is 125 cm³/mol. The first-order chi connectivity index (χ1) is 16.5. The topological polar surface area (TPSA) is 158 Å². The molecule has 35 heavy (non-hydrogen) atoms. The molecule has 0 aromatic heterocycles. The summed E-state index contributed by atoms with van der Waals surface area (Å²) in [5.41, 5.74) is 4.77. The maximum atomic E-state index is 13.1. The molecule has 1 fully saturated rings. The number of para-hydroxylation sites is 1. The van der Waals surface area contributed by atoms with Crippen LogP contribution in [0.2, 0.25) is 5.02 Å². The normalized spacial score (nSPS) is 28.6. The number of rotatable bonds is 6. The van der Waals surface area contributed by atoms with Gasteiger partial charge in [-0.05, 0) is 43.2 Å². The van der Waals surface area contributed by atoms with Crippen molar-refractivity contribution in [3.05, 3.63) is 58.6 Å². The first-order valence-electron chi connectivity index (χ1n) is 10.8. The molecule has 0 spiro atoms. The largest absolute Gasteiger partial charge is 0.387 e. The van der Waals surface area contributed by atoms with Gasteiger partial charge in [-0.2, -0.15) is 4.72 Å². The molecule has 2 heterocycles. The van der Waals surface area contributed by atoms with Crippen molar-refractivity contribution < 1.29 is 38.0 Å². The Morgan fingerprint density at radius 1 is 1.14 bits per heavy atom. The molecule has 1 saturated heterocycles. The number of hydrogen-bond acceptors (Lipinski definition) is 9. The number of anilines is 1. The fourth-order valence-corrected chi connectivity index (χ4v) is 5.77. The molecule has 2 aromatic rings. The molecule has 0 saturated carbocycles. The van der Waals surface area contributed by atoms with Gasteiger partial charge in [-0.3, -0.25) is 15.2 Å². The Kier molecular flexibility index (Phi) is 7.36. The standard InChI is InChI=1S/C22H26ClN3O8S/c1-11-9-12-5-3-4-6-15(12)26(11)24-20(30)13-7-8-14(23)16(10-13)35(31,32)25-21-18(28)17(27)19(29)22(33-2)34-21/h3-8,10-11,17-19,21-22,25,27-29H,9H2,1-2H3,(H,24,30)/t11?,17-,18-,19-,21-,22+/m1/s1. The summed E-state index contributed by atoms with van der Waals surface area (Å²) in [5, 5.41) is 31.6. The van der Waals surface area contributed by atoms with Crippen LogP contribution in [0.3, 0.4) is 0 Å². The van der Waals surface area contributed by atoms with Gasteiger partial charge in [-0.1, -0.05) is 29.8 Å². The maximum absolute atomic E-state index is 13.1. The molecule has 6 atom stereocenters. The molecular formula is C22H26ClN3O8S. The molecule has 0 bridgehead atoms. The summed E-state index contributed by atoms with van der Waals surface area (Å²) >= 11 is 6.13. The number of aliphatic hydroxyl groups excluding tert-OH is 3. The third kappa shape index (κ3) is 5.01. The zero-order valence-electron chi connectivity index (χ0n) is 18.8. The zero-order valence-corrected chi connectivity index (χ0v) is 20.4. The van der Waals surface area contributed by atoms with Crippen molar-refractivity contribution in [3.8, 4) is 0 Å². The molecule has 13 heteroatoms. The molecular weight excluding hydrogens is 502 g/mol. The van der Waals surface area contributed by atoms with Crippen LogP contribution in [0.25, 0.3) is 0 Å². The van der Waals surface area contributed by atoms with Gasteiger partial charge in [0.2, 0.25) is 10.0 Å². The number of nitrogens with one attached hydrogen (secondary N) is 2. The van der Waals surface area contributed by atoms with Gasteiger partial charge in [0.1, 0.15) is 23.2 Å². The van der Waals surface area contributed by atoms with Crippen molar-refractivity contribution in [2.24, 2.45) is 0 Å². The number of hydrazine groups is 1. The van der Waals surface area contributed by atoms with Crippen LogP contribution in [0, 0.1) is 0 Å². The predicted octanol–water partition coefficient (Wildman–Crippen LogP) is 0.126. The lowest BCUT2D eigenvalue weighted by Crippen LogP contribution is -2.62. The van der Waals surface area contributed by atoms with Crippen LogP contribution in [0.4, 0.5) is 5.69 Å². The highest BCUT2D eigenvalue weighted by atomic mass is 35.5. The number of aliphatic hydroxyl groups is 3. The van der Waals surface area contributed by atoms with Gasteiger partial charge in [0.05, 0.1) is 16.8 Å². The van der Waals surface area contributed by atoms with Crippen molar-refractivity contribution in [1.82, 2.24) is 10.1 Å². The zero-order chi connectivity index (χ0) is 25.5. The monoisotopic (exact) mass is 527 g/mol. The van der Waals surface area contributed by atoms with E-state index in [1.54, 1.807) is 5.01 Å². The second kappa shape index (κ2) is 9.99. The number of methoxy groups -OCH3 is 1. The first kappa shape index (κ1) is 25.8. The summed E-state index contributed by atoms with van der Waals surface area (Å²) in [6.45, 7) is 1.95. The van der Waals surface area contributed by atoms with E-state index in [1.165, 1.54) is 19.2 Å². The molecule has 1 amide bonds. The smallest absolute Gasteiger partial charge is 0.269 e. The summed E-state index contributed by atoms with van der Waals surface area (Å²) in [6, 6.07) is 11.4. The highest BCUT2D eigenvalue weighted by Gasteiger charge is 2.45. The van der Waals surface area contributed by atoms with Gasteiger partial charge in [0.25, 0.3) is 5.91 Å². The Morgan fingerprint density at radius 3 is 2.57 bits per heavy atom. The number of amides is 1. The average molecular weight is 528 g/mol. The second-order valence-electron chi connectivity index (χ2n) is 8.39. The van der Waals surface area contributed by atoms with Crippen LogP contribution in [0.15, 0.2) is 47.4 Å². The number of nitrogens with zero attached hydrogens (tertiary/aromatic N) is 1. The van der Waals surface area contributed by atoms with Crippen molar-refractivity contribution in [3.63, 3.8) is 0 Å². The summed E-state index contributed by atoms with van der Waals surface area (Å²) < 4.78 is 38.4. The molecule has 0 radical (unpaired) electrons. The molecule has 5 N–H and O–H groups in total. The Morgan fingerprint density at radius 2 is 1.86 bits per heavy atom. The number of carbonyl (C=O) groups is 1. The summed E-state index contributed by atoms with van der Waals surface area (Å²) in [6.07, 6.45) is -7.43. The van der Waals surface area contributed by atoms with Gasteiger partial charge >= 0.3 is 0 Å². The van der Waals surface area contributed by atoms with E-state index in [1.807, 2.05) is 31.2 Å². The average Bonchev–Trinajstić information content (AvgIpc) is 3.14. The van der Waals surface area contributed by atoms with Crippen LogP contribution in [0.1, 0.15) is 22.8 Å². The molecule has 2 aliphatic rings. The van der Waals surface area contributed by atoms with Crippen LogP contribution in [-0.4, -0.2) is 73.6 Å². The number of fused-ring (bicyclic) bond motifs is 1. The number of carbonyl (C=O) groups excluding carboxylic acids is 1. The van der Waals surface area contributed by atoms with E-state index in [4.69, 9.17) is 21.1 Å². The number of sulfonamides is 1. The molecule has 4 rings (SSSR count). The minimum Gasteiger partial charge on any atom is -0.387 e. The molecule has 2 aromatic carbocycles. The van der Waals surface area contributed by atoms with E-state index in [2.05, 4.69) is 10.1 Å². The summed E-state index contributed by atoms with van der Waals surface area (Å²) in [7, 11) is -3.26. The SMILES string of the molecule is CO[C@H]1O[C@@H](NS(=O)(=O)c2cc(C(=O)NN3c4ccccc4CC3C)ccc2Cl)[C@H](O)[C@@H](O)[C@H]1O. The van der Waals surface area contributed by atoms with Crippen LogP contribution in [0.5, 0.6) is 0 Å². The maximum Gasteiger partial charge on any atom is 0.269 e. The number of benzene rings is 2. The minimum atomic E-state index is -4.45.